The van der Waals surface area contributed by atoms with E-state index in [1.807, 2.05) is 0 Å². The molecular formula is C12H21F2NO. The van der Waals surface area contributed by atoms with Crippen molar-refractivity contribution in [3.05, 3.63) is 0 Å². The summed E-state index contributed by atoms with van der Waals surface area (Å²) >= 11 is 0. The van der Waals surface area contributed by atoms with Gasteiger partial charge in [-0.1, -0.05) is 0 Å². The van der Waals surface area contributed by atoms with Crippen LogP contribution < -0.4 is 5.32 Å². The second-order valence-electron chi connectivity index (χ2n) is 5.51. The summed E-state index contributed by atoms with van der Waals surface area (Å²) in [5.74, 6) is -2.17. The standard InChI is InChI=1S/C12H21F2NO/c13-12(14)5-2-10(3-6-12)8-11(16)4-1-7-15-9-11/h10,15-16H,1-9H2. The summed E-state index contributed by atoms with van der Waals surface area (Å²) in [5.41, 5.74) is -0.643. The van der Waals surface area contributed by atoms with Crippen LogP contribution in [0.5, 0.6) is 0 Å². The Kier molecular flexibility index (Phi) is 3.50. The molecule has 2 N–H and O–H groups in total. The Morgan fingerprint density at radius 3 is 2.44 bits per heavy atom. The van der Waals surface area contributed by atoms with Crippen molar-refractivity contribution in [3.8, 4) is 0 Å². The number of hydrogen-bond acceptors (Lipinski definition) is 2. The van der Waals surface area contributed by atoms with Gasteiger partial charge in [0.25, 0.3) is 0 Å². The minimum Gasteiger partial charge on any atom is -0.389 e. The van der Waals surface area contributed by atoms with Crippen LogP contribution in [0.25, 0.3) is 0 Å². The highest BCUT2D eigenvalue weighted by Gasteiger charge is 2.38. The topological polar surface area (TPSA) is 32.3 Å². The van der Waals surface area contributed by atoms with Gasteiger partial charge in [0.05, 0.1) is 5.60 Å². The molecule has 2 nitrogen and oxygen atoms in total. The van der Waals surface area contributed by atoms with Crippen LogP contribution in [0.2, 0.25) is 0 Å². The van der Waals surface area contributed by atoms with Crippen LogP contribution in [0.15, 0.2) is 0 Å². The van der Waals surface area contributed by atoms with E-state index < -0.39 is 11.5 Å². The van der Waals surface area contributed by atoms with Crippen molar-refractivity contribution < 1.29 is 13.9 Å². The van der Waals surface area contributed by atoms with Gasteiger partial charge in [0.2, 0.25) is 5.92 Å². The fourth-order valence-electron chi connectivity index (χ4n) is 2.97. The molecule has 1 saturated carbocycles. The highest BCUT2D eigenvalue weighted by atomic mass is 19.3. The van der Waals surface area contributed by atoms with Crippen LogP contribution in [0, 0.1) is 5.92 Å². The van der Waals surface area contributed by atoms with Crippen molar-refractivity contribution in [2.24, 2.45) is 5.92 Å². The number of alkyl halides is 2. The average Bonchev–Trinajstić information content (AvgIpc) is 2.22. The monoisotopic (exact) mass is 233 g/mol. The van der Waals surface area contributed by atoms with E-state index in [4.69, 9.17) is 0 Å². The van der Waals surface area contributed by atoms with Gasteiger partial charge in [-0.25, -0.2) is 8.78 Å². The largest absolute Gasteiger partial charge is 0.389 e. The Morgan fingerprint density at radius 1 is 1.19 bits per heavy atom. The molecule has 2 fully saturated rings. The summed E-state index contributed by atoms with van der Waals surface area (Å²) in [6.45, 7) is 1.59. The Balaban J connectivity index is 1.81. The maximum absolute atomic E-state index is 13.0. The molecule has 1 atom stereocenters. The number of piperidine rings is 1. The van der Waals surface area contributed by atoms with E-state index in [-0.39, 0.29) is 18.8 Å². The maximum atomic E-state index is 13.0. The van der Waals surface area contributed by atoms with Gasteiger partial charge in [0.15, 0.2) is 0 Å². The van der Waals surface area contributed by atoms with Crippen LogP contribution in [-0.2, 0) is 0 Å². The van der Waals surface area contributed by atoms with E-state index in [9.17, 15) is 13.9 Å². The lowest BCUT2D eigenvalue weighted by Gasteiger charge is -2.38. The third-order valence-corrected chi connectivity index (χ3v) is 3.96. The van der Waals surface area contributed by atoms with Crippen molar-refractivity contribution in [1.29, 1.82) is 0 Å². The minimum atomic E-state index is -2.45. The molecule has 1 aliphatic carbocycles. The zero-order valence-electron chi connectivity index (χ0n) is 9.64. The maximum Gasteiger partial charge on any atom is 0.248 e. The summed E-state index contributed by atoms with van der Waals surface area (Å²) in [7, 11) is 0. The molecule has 0 aromatic heterocycles. The number of β-amino-alcohol motifs (C(OH)–C–C–N with tert-alkyl or cyclic N) is 1. The van der Waals surface area contributed by atoms with E-state index in [0.29, 0.717) is 25.8 Å². The second-order valence-corrected chi connectivity index (χ2v) is 5.51. The first-order valence-corrected chi connectivity index (χ1v) is 6.30. The van der Waals surface area contributed by atoms with E-state index in [0.717, 1.165) is 19.4 Å². The molecule has 1 unspecified atom stereocenters. The van der Waals surface area contributed by atoms with E-state index in [2.05, 4.69) is 5.32 Å². The molecule has 1 saturated heterocycles. The molecule has 4 heteroatoms. The van der Waals surface area contributed by atoms with Crippen LogP contribution in [0.3, 0.4) is 0 Å². The Morgan fingerprint density at radius 2 is 1.88 bits per heavy atom. The lowest BCUT2D eigenvalue weighted by molar-refractivity contribution is -0.0645. The lowest BCUT2D eigenvalue weighted by Crippen LogP contribution is -2.47. The molecule has 1 aliphatic heterocycles. The smallest absolute Gasteiger partial charge is 0.248 e. The van der Waals surface area contributed by atoms with E-state index in [1.165, 1.54) is 0 Å². The predicted octanol–water partition coefficient (Wildman–Crippen LogP) is 2.32. The highest BCUT2D eigenvalue weighted by Crippen LogP contribution is 2.40. The number of hydrogen-bond donors (Lipinski definition) is 2. The Bertz CT molecular complexity index is 229. The normalized spacial score (nSPS) is 36.2. The van der Waals surface area contributed by atoms with Gasteiger partial charge < -0.3 is 10.4 Å². The number of rotatable bonds is 2. The summed E-state index contributed by atoms with van der Waals surface area (Å²) in [6, 6.07) is 0. The Labute approximate surface area is 95.4 Å². The highest BCUT2D eigenvalue weighted by molar-refractivity contribution is 4.89. The Hall–Kier alpha value is -0.220. The average molecular weight is 233 g/mol. The van der Waals surface area contributed by atoms with Crippen molar-refractivity contribution in [2.75, 3.05) is 13.1 Å². The van der Waals surface area contributed by atoms with Crippen LogP contribution >= 0.6 is 0 Å². The SMILES string of the molecule is OC1(CC2CCC(F)(F)CC2)CCCNC1. The van der Waals surface area contributed by atoms with Gasteiger partial charge in [-0.15, -0.1) is 0 Å². The van der Waals surface area contributed by atoms with E-state index >= 15 is 0 Å². The predicted molar refractivity (Wildman–Crippen MR) is 58.6 cm³/mol. The van der Waals surface area contributed by atoms with Gasteiger partial charge >= 0.3 is 0 Å². The molecule has 2 aliphatic rings. The molecular weight excluding hydrogens is 212 g/mol. The summed E-state index contributed by atoms with van der Waals surface area (Å²) in [6.07, 6.45) is 3.62. The molecule has 0 aromatic rings. The molecule has 16 heavy (non-hydrogen) atoms. The molecule has 0 aromatic carbocycles. The molecule has 0 amide bonds. The molecule has 1 heterocycles. The number of aliphatic hydroxyl groups is 1. The lowest BCUT2D eigenvalue weighted by atomic mass is 9.77. The van der Waals surface area contributed by atoms with Crippen LogP contribution in [0.4, 0.5) is 8.78 Å². The second kappa shape index (κ2) is 4.57. The third kappa shape index (κ3) is 3.14. The molecule has 0 spiro atoms. The van der Waals surface area contributed by atoms with Gasteiger partial charge in [-0.05, 0) is 44.6 Å². The van der Waals surface area contributed by atoms with Crippen LogP contribution in [-0.4, -0.2) is 29.7 Å². The quantitative estimate of drug-likeness (QED) is 0.767. The molecule has 0 radical (unpaired) electrons. The summed E-state index contributed by atoms with van der Waals surface area (Å²) in [4.78, 5) is 0. The minimum absolute atomic E-state index is 0.00117. The summed E-state index contributed by atoms with van der Waals surface area (Å²) < 4.78 is 26.0. The zero-order valence-corrected chi connectivity index (χ0v) is 9.64. The molecule has 94 valence electrons. The van der Waals surface area contributed by atoms with Crippen molar-refractivity contribution in [1.82, 2.24) is 5.32 Å². The fourth-order valence-corrected chi connectivity index (χ4v) is 2.97. The molecule has 2 rings (SSSR count). The molecule has 0 bridgehead atoms. The van der Waals surface area contributed by atoms with Crippen LogP contribution in [0.1, 0.15) is 44.9 Å². The van der Waals surface area contributed by atoms with Gasteiger partial charge in [-0.3, -0.25) is 0 Å². The van der Waals surface area contributed by atoms with Crippen molar-refractivity contribution >= 4 is 0 Å². The first-order valence-electron chi connectivity index (χ1n) is 6.30. The van der Waals surface area contributed by atoms with Gasteiger partial charge in [0, 0.05) is 19.4 Å². The van der Waals surface area contributed by atoms with Crippen molar-refractivity contribution in [2.45, 2.75) is 56.5 Å². The number of nitrogens with one attached hydrogen (secondary N) is 1. The first-order chi connectivity index (χ1) is 7.49. The fraction of sp³-hybridized carbons (Fsp3) is 1.00. The van der Waals surface area contributed by atoms with Gasteiger partial charge in [-0.2, -0.15) is 0 Å². The van der Waals surface area contributed by atoms with Gasteiger partial charge in [0.1, 0.15) is 0 Å². The van der Waals surface area contributed by atoms with Crippen molar-refractivity contribution in [3.63, 3.8) is 0 Å². The zero-order chi connectivity index (χ0) is 11.6. The number of halogens is 2. The third-order valence-electron chi connectivity index (χ3n) is 3.96. The first kappa shape index (κ1) is 12.2. The summed E-state index contributed by atoms with van der Waals surface area (Å²) in [5, 5.41) is 13.5. The van der Waals surface area contributed by atoms with E-state index in [1.54, 1.807) is 0 Å².